The lowest BCUT2D eigenvalue weighted by Crippen LogP contribution is -2.55. The van der Waals surface area contributed by atoms with Crippen LogP contribution in [0.5, 0.6) is 0 Å². The molecule has 1 heterocycles. The van der Waals surface area contributed by atoms with E-state index in [-0.39, 0.29) is 12.5 Å². The average Bonchev–Trinajstić information content (AvgIpc) is 2.30. The number of carboxylic acid groups (broad SMARTS) is 1. The van der Waals surface area contributed by atoms with Gasteiger partial charge in [-0.15, -0.1) is 0 Å². The molecule has 0 aromatic heterocycles. The van der Waals surface area contributed by atoms with E-state index in [4.69, 9.17) is 15.6 Å². The predicted octanol–water partition coefficient (Wildman–Crippen LogP) is -1.01. The molecule has 92 valence electrons. The Kier molecular flexibility index (Phi) is 5.04. The summed E-state index contributed by atoms with van der Waals surface area (Å²) in [6.07, 6.45) is -0.745. The minimum absolute atomic E-state index is 0.0608. The number of nitrogens with zero attached hydrogens (tertiary/aromatic N) is 1. The Morgan fingerprint density at radius 3 is 2.88 bits per heavy atom. The lowest BCUT2D eigenvalue weighted by Gasteiger charge is -2.34. The molecule has 0 radical (unpaired) electrons. The van der Waals surface area contributed by atoms with E-state index in [9.17, 15) is 9.59 Å². The Balaban J connectivity index is 2.74. The van der Waals surface area contributed by atoms with Gasteiger partial charge < -0.3 is 20.5 Å². The molecule has 1 saturated heterocycles. The zero-order valence-electron chi connectivity index (χ0n) is 9.09. The summed E-state index contributed by atoms with van der Waals surface area (Å²) in [6.45, 7) is 0.492. The quantitative estimate of drug-likeness (QED) is 0.662. The van der Waals surface area contributed by atoms with Gasteiger partial charge in [0.15, 0.2) is 0 Å². The first-order valence-corrected chi connectivity index (χ1v) is 6.11. The molecular weight excluding hydrogens is 232 g/mol. The highest BCUT2D eigenvalue weighted by molar-refractivity contribution is 7.99. The van der Waals surface area contributed by atoms with Crippen LogP contribution >= 0.6 is 11.8 Å². The zero-order chi connectivity index (χ0) is 12.1. The molecule has 0 aliphatic carbocycles. The van der Waals surface area contributed by atoms with Gasteiger partial charge in [-0.1, -0.05) is 0 Å². The first kappa shape index (κ1) is 13.3. The summed E-state index contributed by atoms with van der Waals surface area (Å²) in [5, 5.41) is 9.01. The molecule has 7 heteroatoms. The number of thioether (sulfide) groups is 1. The molecule has 1 amide bonds. The smallest absolute Gasteiger partial charge is 0.327 e. The molecule has 1 aliphatic rings. The number of amides is 1. The average molecular weight is 248 g/mol. The second-order valence-electron chi connectivity index (χ2n) is 3.42. The van der Waals surface area contributed by atoms with Crippen LogP contribution in [0.3, 0.4) is 0 Å². The van der Waals surface area contributed by atoms with E-state index in [1.165, 1.54) is 23.8 Å². The van der Waals surface area contributed by atoms with E-state index in [1.807, 2.05) is 0 Å². The van der Waals surface area contributed by atoms with Crippen LogP contribution in [-0.2, 0) is 14.3 Å². The number of aliphatic carboxylic acids is 1. The summed E-state index contributed by atoms with van der Waals surface area (Å²) in [7, 11) is 1.39. The molecule has 2 unspecified atom stereocenters. The van der Waals surface area contributed by atoms with Gasteiger partial charge in [0.2, 0.25) is 0 Å². The maximum absolute atomic E-state index is 11.9. The number of hydrogen-bond acceptors (Lipinski definition) is 5. The highest BCUT2D eigenvalue weighted by Gasteiger charge is 2.35. The first-order valence-electron chi connectivity index (χ1n) is 4.95. The zero-order valence-corrected chi connectivity index (χ0v) is 9.90. The minimum atomic E-state index is -0.979. The molecule has 3 N–H and O–H groups in total. The summed E-state index contributed by atoms with van der Waals surface area (Å²) in [6, 6.07) is -0.768. The molecule has 1 aliphatic heterocycles. The number of carbonyl (C=O) groups is 2. The SMILES string of the molecule is COC(CN)C(=O)N1CCSCC1C(=O)O. The van der Waals surface area contributed by atoms with Crippen molar-refractivity contribution in [3.63, 3.8) is 0 Å². The van der Waals surface area contributed by atoms with Crippen LogP contribution in [0.2, 0.25) is 0 Å². The normalized spacial score (nSPS) is 22.9. The minimum Gasteiger partial charge on any atom is -0.480 e. The van der Waals surface area contributed by atoms with Gasteiger partial charge in [-0.05, 0) is 0 Å². The summed E-state index contributed by atoms with van der Waals surface area (Å²) >= 11 is 1.53. The van der Waals surface area contributed by atoms with Crippen molar-refractivity contribution in [2.75, 3.05) is 31.7 Å². The van der Waals surface area contributed by atoms with Crippen LogP contribution in [-0.4, -0.2) is 65.7 Å². The Hall–Kier alpha value is -0.790. The molecule has 0 aromatic rings. The molecule has 6 nitrogen and oxygen atoms in total. The van der Waals surface area contributed by atoms with Gasteiger partial charge >= 0.3 is 5.97 Å². The van der Waals surface area contributed by atoms with E-state index in [1.54, 1.807) is 0 Å². The van der Waals surface area contributed by atoms with Crippen molar-refractivity contribution in [3.8, 4) is 0 Å². The Morgan fingerprint density at radius 1 is 1.69 bits per heavy atom. The summed E-state index contributed by atoms with van der Waals surface area (Å²) in [4.78, 5) is 24.3. The van der Waals surface area contributed by atoms with Crippen molar-refractivity contribution in [2.24, 2.45) is 5.73 Å². The van der Waals surface area contributed by atoms with Crippen LogP contribution < -0.4 is 5.73 Å². The fourth-order valence-electron chi connectivity index (χ4n) is 1.55. The van der Waals surface area contributed by atoms with Gasteiger partial charge in [-0.2, -0.15) is 11.8 Å². The van der Waals surface area contributed by atoms with Gasteiger partial charge in [0.25, 0.3) is 5.91 Å². The van der Waals surface area contributed by atoms with E-state index in [0.29, 0.717) is 12.3 Å². The summed E-state index contributed by atoms with van der Waals surface area (Å²) in [5.41, 5.74) is 5.39. The monoisotopic (exact) mass is 248 g/mol. The maximum Gasteiger partial charge on any atom is 0.327 e. The Morgan fingerprint density at radius 2 is 2.38 bits per heavy atom. The van der Waals surface area contributed by atoms with Gasteiger partial charge in [0.05, 0.1) is 0 Å². The lowest BCUT2D eigenvalue weighted by atomic mass is 10.2. The number of nitrogens with two attached hydrogens (primary N) is 1. The van der Waals surface area contributed by atoms with E-state index >= 15 is 0 Å². The second kappa shape index (κ2) is 6.07. The fourth-order valence-corrected chi connectivity index (χ4v) is 2.59. The van der Waals surface area contributed by atoms with Gasteiger partial charge in [0, 0.05) is 31.7 Å². The fraction of sp³-hybridized carbons (Fsp3) is 0.778. The van der Waals surface area contributed by atoms with Gasteiger partial charge in [-0.3, -0.25) is 4.79 Å². The third kappa shape index (κ3) is 2.87. The number of carboxylic acids is 1. The Bertz CT molecular complexity index is 270. The van der Waals surface area contributed by atoms with Crippen LogP contribution in [0, 0.1) is 0 Å². The maximum atomic E-state index is 11.9. The van der Waals surface area contributed by atoms with Crippen molar-refractivity contribution in [2.45, 2.75) is 12.1 Å². The molecule has 1 rings (SSSR count). The van der Waals surface area contributed by atoms with Crippen LogP contribution in [0.25, 0.3) is 0 Å². The number of rotatable bonds is 4. The molecular formula is C9H16N2O4S. The van der Waals surface area contributed by atoms with Crippen molar-refractivity contribution in [1.29, 1.82) is 0 Å². The van der Waals surface area contributed by atoms with Crippen molar-refractivity contribution < 1.29 is 19.4 Å². The van der Waals surface area contributed by atoms with Crippen molar-refractivity contribution >= 4 is 23.6 Å². The van der Waals surface area contributed by atoms with Crippen LogP contribution in [0.4, 0.5) is 0 Å². The van der Waals surface area contributed by atoms with Crippen molar-refractivity contribution in [3.05, 3.63) is 0 Å². The summed E-state index contributed by atoms with van der Waals surface area (Å²) < 4.78 is 4.93. The highest BCUT2D eigenvalue weighted by atomic mass is 32.2. The molecule has 0 saturated carbocycles. The van der Waals surface area contributed by atoms with Crippen molar-refractivity contribution in [1.82, 2.24) is 4.90 Å². The van der Waals surface area contributed by atoms with Gasteiger partial charge in [-0.25, -0.2) is 4.79 Å². The lowest BCUT2D eigenvalue weighted by molar-refractivity contribution is -0.153. The van der Waals surface area contributed by atoms with Crippen LogP contribution in [0.15, 0.2) is 0 Å². The Labute approximate surface area is 98.1 Å². The number of hydrogen-bond donors (Lipinski definition) is 2. The first-order chi connectivity index (χ1) is 7.61. The number of ether oxygens (including phenoxy) is 1. The highest BCUT2D eigenvalue weighted by Crippen LogP contribution is 2.18. The molecule has 1 fully saturated rings. The topological polar surface area (TPSA) is 92.9 Å². The molecule has 0 spiro atoms. The van der Waals surface area contributed by atoms with Crippen LogP contribution in [0.1, 0.15) is 0 Å². The third-order valence-electron chi connectivity index (χ3n) is 2.47. The van der Waals surface area contributed by atoms with Gasteiger partial charge in [0.1, 0.15) is 12.1 Å². The molecule has 2 atom stereocenters. The molecule has 0 bridgehead atoms. The summed E-state index contributed by atoms with van der Waals surface area (Å²) in [5.74, 6) is -0.149. The second-order valence-corrected chi connectivity index (χ2v) is 4.57. The number of carbonyl (C=O) groups excluding carboxylic acids is 1. The molecule has 0 aromatic carbocycles. The standard InChI is InChI=1S/C9H16N2O4S/c1-15-7(4-10)8(12)11-2-3-16-5-6(11)9(13)14/h6-7H,2-5,10H2,1H3,(H,13,14). The largest absolute Gasteiger partial charge is 0.480 e. The number of methoxy groups -OCH3 is 1. The van der Waals surface area contributed by atoms with E-state index in [2.05, 4.69) is 0 Å². The van der Waals surface area contributed by atoms with E-state index < -0.39 is 18.1 Å². The van der Waals surface area contributed by atoms with E-state index in [0.717, 1.165) is 5.75 Å². The molecule has 16 heavy (non-hydrogen) atoms. The predicted molar refractivity (Wildman–Crippen MR) is 60.3 cm³/mol. The third-order valence-corrected chi connectivity index (χ3v) is 3.49.